The summed E-state index contributed by atoms with van der Waals surface area (Å²) in [6.45, 7) is 15.0. The van der Waals surface area contributed by atoms with Crippen LogP contribution >= 0.6 is 0 Å². The SMILES string of the molecule is CC.CCC.CCC(C)C(C(CC(=O)NC)OC)N(C)C(=O)CNC(=O)C(C)(C)N[C-]=O.[Fm]. The number of rotatable bonds is 12. The molecule has 0 aliphatic rings. The van der Waals surface area contributed by atoms with Crippen LogP contribution in [0, 0.1) is 5.92 Å². The van der Waals surface area contributed by atoms with Crippen molar-refractivity contribution in [1.82, 2.24) is 20.9 Å². The van der Waals surface area contributed by atoms with Crippen LogP contribution in [0.25, 0.3) is 0 Å². The fraction of sp³-hybridized carbons (Fsp3) is 0.826. The van der Waals surface area contributed by atoms with Crippen molar-refractivity contribution < 1.29 is 23.9 Å². The normalized spacial score (nSPS) is 12.6. The molecule has 0 heterocycles. The summed E-state index contributed by atoms with van der Waals surface area (Å²) >= 11 is 0. The van der Waals surface area contributed by atoms with Gasteiger partial charge in [-0.2, -0.15) is 6.41 Å². The fourth-order valence-corrected chi connectivity index (χ4v) is 2.72. The molecule has 0 aliphatic carbocycles. The van der Waals surface area contributed by atoms with Crippen LogP contribution in [0.4, 0.5) is 0 Å². The van der Waals surface area contributed by atoms with Gasteiger partial charge in [0.1, 0.15) is 0 Å². The van der Waals surface area contributed by atoms with Crippen molar-refractivity contribution in [3.8, 4) is 0 Å². The van der Waals surface area contributed by atoms with E-state index in [1.807, 2.05) is 27.7 Å². The Morgan fingerprint density at radius 3 is 1.97 bits per heavy atom. The zero-order chi connectivity index (χ0) is 25.9. The van der Waals surface area contributed by atoms with Gasteiger partial charge in [0.25, 0.3) is 0 Å². The molecule has 0 saturated carbocycles. The van der Waals surface area contributed by atoms with Gasteiger partial charge in [-0.1, -0.05) is 54.4 Å². The maximum atomic E-state index is 12.6. The first kappa shape index (κ1) is 37.2. The maximum absolute atomic E-state index is 12.6. The average Bonchev–Trinajstić information content (AvgIpc) is 2.77. The van der Waals surface area contributed by atoms with Crippen molar-refractivity contribution in [3.63, 3.8) is 0 Å². The Labute approximate surface area is 195 Å². The largest absolute Gasteiger partial charge is 0.520 e. The molecule has 9 nitrogen and oxygen atoms in total. The zero-order valence-electron chi connectivity index (χ0n) is 22.3. The van der Waals surface area contributed by atoms with E-state index in [9.17, 15) is 19.2 Å². The molecule has 3 N–H and O–H groups in total. The van der Waals surface area contributed by atoms with Crippen LogP contribution in [0.15, 0.2) is 0 Å². The summed E-state index contributed by atoms with van der Waals surface area (Å²) in [5, 5.41) is 7.35. The van der Waals surface area contributed by atoms with E-state index in [1.54, 1.807) is 14.1 Å². The molecule has 0 aromatic carbocycles. The summed E-state index contributed by atoms with van der Waals surface area (Å²) in [6, 6.07) is -0.337. The van der Waals surface area contributed by atoms with Gasteiger partial charge in [0, 0.05) is 21.2 Å². The minimum atomic E-state index is -1.18. The molecule has 0 radical (unpaired) electrons. The molecule has 0 saturated heterocycles. The monoisotopic (exact) mass is 716 g/mol. The predicted molar refractivity (Wildman–Crippen MR) is 129 cm³/mol. The topological polar surface area (TPSA) is 117 Å². The van der Waals surface area contributed by atoms with Gasteiger partial charge in [-0.05, 0) is 19.8 Å². The molecule has 202 valence electrons. The Kier molecular flexibility index (Phi) is 23.3. The van der Waals surface area contributed by atoms with Crippen LogP contribution in [0.1, 0.15) is 74.7 Å². The molecule has 3 atom stereocenters. The third kappa shape index (κ3) is 14.5. The van der Waals surface area contributed by atoms with E-state index in [1.165, 1.54) is 38.7 Å². The van der Waals surface area contributed by atoms with Crippen molar-refractivity contribution in [1.29, 1.82) is 0 Å². The van der Waals surface area contributed by atoms with Crippen LogP contribution in [-0.2, 0) is 23.9 Å². The Balaban J connectivity index is -0.000000643. The average molecular weight is 717 g/mol. The number of likely N-dealkylation sites (N-methyl/N-ethyl adjacent to an activating group) is 1. The smallest absolute Gasteiger partial charge is 0.242 e. The quantitative estimate of drug-likeness (QED) is 0.211. The summed E-state index contributed by atoms with van der Waals surface area (Å²) in [6.07, 6.45) is 3.16. The third-order valence-electron chi connectivity index (χ3n) is 4.75. The molecule has 0 spiro atoms. The summed E-state index contributed by atoms with van der Waals surface area (Å²) in [5.74, 6) is -0.922. The molecule has 0 bridgehead atoms. The molecule has 0 aromatic heterocycles. The molecule has 33 heavy (non-hydrogen) atoms. The summed E-state index contributed by atoms with van der Waals surface area (Å²) < 4.78 is 5.50. The van der Waals surface area contributed by atoms with Gasteiger partial charge in [-0.25, -0.2) is 0 Å². The van der Waals surface area contributed by atoms with Gasteiger partial charge >= 0.3 is 0 Å². The first-order chi connectivity index (χ1) is 15.0. The summed E-state index contributed by atoms with van der Waals surface area (Å²) in [4.78, 5) is 48.5. The van der Waals surface area contributed by atoms with Crippen molar-refractivity contribution in [3.05, 3.63) is 0 Å². The van der Waals surface area contributed by atoms with E-state index in [0.29, 0.717) is 0 Å². The van der Waals surface area contributed by atoms with Gasteiger partial charge in [-0.3, -0.25) is 14.4 Å². The Morgan fingerprint density at radius 1 is 1.12 bits per heavy atom. The summed E-state index contributed by atoms with van der Waals surface area (Å²) in [5.41, 5.74) is -1.18. The number of ether oxygens (including phenoxy) is 1. The van der Waals surface area contributed by atoms with Gasteiger partial charge in [0.15, 0.2) is 0 Å². The van der Waals surface area contributed by atoms with E-state index in [4.69, 9.17) is 4.74 Å². The van der Waals surface area contributed by atoms with Gasteiger partial charge in [-0.15, -0.1) is 0 Å². The number of hydrogen-bond donors (Lipinski definition) is 3. The Hall–Kier alpha value is -3.16. The molecule has 4 amide bonds. The summed E-state index contributed by atoms with van der Waals surface area (Å²) in [7, 11) is 4.68. The molecule has 0 aromatic rings. The first-order valence-corrected chi connectivity index (χ1v) is 11.4. The van der Waals surface area contributed by atoms with Crippen molar-refractivity contribution in [2.75, 3.05) is 27.7 Å². The van der Waals surface area contributed by atoms with E-state index < -0.39 is 17.6 Å². The molecule has 10 heteroatoms. The standard InChI is InChI=1S/C18H33N4O5.C3H8.C2H6.Fm/c1-8-12(2)16(13(27-7)9-14(24)19-5)22(6)15(25)10-20-17(26)18(3,4)21-11-23;1-3-2;1-2;/h12-13,16H,8-10H2,1-7H3,(H,19,24)(H,20,26)(H,21,23);3H2,1-2H3;1-2H3;/q-1;;;. The molecular formula is C23H47FmN4O5-. The van der Waals surface area contributed by atoms with Crippen molar-refractivity contribution >= 4 is 24.1 Å². The number of methoxy groups -OCH3 is 1. The van der Waals surface area contributed by atoms with E-state index in [2.05, 4.69) is 29.8 Å². The van der Waals surface area contributed by atoms with Gasteiger partial charge < -0.3 is 30.4 Å². The third-order valence-corrected chi connectivity index (χ3v) is 4.75. The minimum Gasteiger partial charge on any atom is -0.520 e. The van der Waals surface area contributed by atoms with Crippen molar-refractivity contribution in [2.24, 2.45) is 5.92 Å². The second kappa shape index (κ2) is 20.7. The molecule has 0 rings (SSSR count). The number of nitrogens with zero attached hydrogens (tertiary/aromatic N) is 1. The van der Waals surface area contributed by atoms with Crippen molar-refractivity contribution in [2.45, 2.75) is 92.3 Å². The van der Waals surface area contributed by atoms with Crippen LogP contribution < -0.4 is 16.0 Å². The molecule has 0 fully saturated rings. The van der Waals surface area contributed by atoms with Crippen LogP contribution in [-0.4, -0.2) is 74.5 Å². The number of carbonyl (C=O) groups is 3. The first-order valence-electron chi connectivity index (χ1n) is 11.4. The van der Waals surface area contributed by atoms with Crippen LogP contribution in [0.3, 0.4) is 0 Å². The van der Waals surface area contributed by atoms with E-state index in [0.717, 1.165) is 6.42 Å². The second-order valence-corrected chi connectivity index (χ2v) is 7.77. The minimum absolute atomic E-state index is 0. The number of hydrogen-bond acceptors (Lipinski definition) is 5. The molecule has 0 aliphatic heterocycles. The maximum Gasteiger partial charge on any atom is 0.242 e. The molecular weight excluding hydrogens is 669 g/mol. The van der Waals surface area contributed by atoms with Crippen LogP contribution in [0.5, 0.6) is 0 Å². The van der Waals surface area contributed by atoms with Crippen LogP contribution in [0.2, 0.25) is 0 Å². The fourth-order valence-electron chi connectivity index (χ4n) is 2.72. The Bertz CT molecular complexity index is 547. The number of nitrogens with one attached hydrogen (secondary N) is 3. The second-order valence-electron chi connectivity index (χ2n) is 7.77. The van der Waals surface area contributed by atoms with Gasteiger partial charge in [0.05, 0.1) is 30.7 Å². The number of carbonyl (C=O) groups excluding carboxylic acids is 4. The zero-order valence-corrected chi connectivity index (χ0v) is 24.7. The number of amides is 4. The predicted octanol–water partition coefficient (Wildman–Crippen LogP) is 2.00. The van der Waals surface area contributed by atoms with Gasteiger partial charge in [0.2, 0.25) is 17.7 Å². The van der Waals surface area contributed by atoms with E-state index in [-0.39, 0.29) is 36.7 Å². The Morgan fingerprint density at radius 2 is 1.61 bits per heavy atom. The molecule has 3 unspecified atom stereocenters. The van der Waals surface area contributed by atoms with E-state index >= 15 is 0 Å².